The first-order valence-electron chi connectivity index (χ1n) is 6.16. The van der Waals surface area contributed by atoms with Crippen LogP contribution in [0.5, 0.6) is 0 Å². The van der Waals surface area contributed by atoms with Gasteiger partial charge in [0.2, 0.25) is 5.91 Å². The number of nitrogens with zero attached hydrogens (tertiary/aromatic N) is 3. The summed E-state index contributed by atoms with van der Waals surface area (Å²) in [5.74, 6) is -0.334. The summed E-state index contributed by atoms with van der Waals surface area (Å²) in [6, 6.07) is 4.62. The second-order valence-corrected chi connectivity index (χ2v) is 5.14. The summed E-state index contributed by atoms with van der Waals surface area (Å²) in [6.45, 7) is 4.40. The summed E-state index contributed by atoms with van der Waals surface area (Å²) < 4.78 is 15.2. The maximum Gasteiger partial charge on any atom is 0.234 e. The van der Waals surface area contributed by atoms with Crippen molar-refractivity contribution < 1.29 is 9.18 Å². The fourth-order valence-electron chi connectivity index (χ4n) is 1.57. The SMILES string of the molecule is CCn1cnnc1SCC(=O)Nc1ccc(C)c(F)c1. The van der Waals surface area contributed by atoms with Crippen molar-refractivity contribution in [2.45, 2.75) is 25.5 Å². The molecule has 1 amide bonds. The third kappa shape index (κ3) is 3.57. The highest BCUT2D eigenvalue weighted by Gasteiger charge is 2.09. The smallest absolute Gasteiger partial charge is 0.234 e. The fourth-order valence-corrected chi connectivity index (χ4v) is 2.35. The number of aromatic nitrogens is 3. The number of amides is 1. The van der Waals surface area contributed by atoms with Crippen LogP contribution in [0.25, 0.3) is 0 Å². The van der Waals surface area contributed by atoms with Crippen LogP contribution in [0.15, 0.2) is 29.7 Å². The number of thioether (sulfide) groups is 1. The zero-order valence-corrected chi connectivity index (χ0v) is 12.1. The molecule has 0 saturated carbocycles. The van der Waals surface area contributed by atoms with E-state index in [4.69, 9.17) is 0 Å². The Bertz CT molecular complexity index is 614. The Morgan fingerprint density at radius 2 is 2.30 bits per heavy atom. The van der Waals surface area contributed by atoms with Crippen LogP contribution in [0.2, 0.25) is 0 Å². The molecule has 0 radical (unpaired) electrons. The predicted octanol–water partition coefficient (Wildman–Crippen LogP) is 2.48. The largest absolute Gasteiger partial charge is 0.325 e. The molecule has 0 fully saturated rings. The van der Waals surface area contributed by atoms with E-state index in [0.717, 1.165) is 6.54 Å². The number of carbonyl (C=O) groups is 1. The minimum Gasteiger partial charge on any atom is -0.325 e. The summed E-state index contributed by atoms with van der Waals surface area (Å²) in [5.41, 5.74) is 1.00. The molecule has 1 heterocycles. The highest BCUT2D eigenvalue weighted by Crippen LogP contribution is 2.17. The molecule has 0 aliphatic heterocycles. The number of anilines is 1. The van der Waals surface area contributed by atoms with E-state index >= 15 is 0 Å². The summed E-state index contributed by atoms with van der Waals surface area (Å²) in [5, 5.41) is 11.1. The van der Waals surface area contributed by atoms with E-state index in [1.165, 1.54) is 17.8 Å². The van der Waals surface area contributed by atoms with Gasteiger partial charge in [-0.05, 0) is 31.5 Å². The summed E-state index contributed by atoms with van der Waals surface area (Å²) in [4.78, 5) is 11.8. The number of hydrogen-bond donors (Lipinski definition) is 1. The average Bonchev–Trinajstić information content (AvgIpc) is 2.88. The van der Waals surface area contributed by atoms with Gasteiger partial charge in [-0.3, -0.25) is 4.79 Å². The van der Waals surface area contributed by atoms with Gasteiger partial charge in [0.15, 0.2) is 5.16 Å². The molecule has 7 heteroatoms. The van der Waals surface area contributed by atoms with Crippen molar-refractivity contribution in [1.29, 1.82) is 0 Å². The first-order valence-corrected chi connectivity index (χ1v) is 7.15. The minimum atomic E-state index is -0.332. The van der Waals surface area contributed by atoms with Crippen molar-refractivity contribution in [1.82, 2.24) is 14.8 Å². The molecule has 5 nitrogen and oxygen atoms in total. The minimum absolute atomic E-state index is 0.203. The summed E-state index contributed by atoms with van der Waals surface area (Å²) in [6.07, 6.45) is 1.62. The standard InChI is InChI=1S/C13H15FN4OS/c1-3-18-8-15-17-13(18)20-7-12(19)16-10-5-4-9(2)11(14)6-10/h4-6,8H,3,7H2,1-2H3,(H,16,19). The van der Waals surface area contributed by atoms with Gasteiger partial charge in [-0.25, -0.2) is 4.39 Å². The number of hydrogen-bond acceptors (Lipinski definition) is 4. The average molecular weight is 294 g/mol. The lowest BCUT2D eigenvalue weighted by atomic mass is 10.2. The molecule has 1 aromatic heterocycles. The molecule has 0 spiro atoms. The molecule has 2 aromatic rings. The first-order chi connectivity index (χ1) is 9.60. The molecule has 0 saturated heterocycles. The van der Waals surface area contributed by atoms with E-state index < -0.39 is 0 Å². The van der Waals surface area contributed by atoms with Crippen LogP contribution in [0.4, 0.5) is 10.1 Å². The summed E-state index contributed by atoms with van der Waals surface area (Å²) >= 11 is 1.30. The Kier molecular flexibility index (Phi) is 4.73. The zero-order chi connectivity index (χ0) is 14.5. The van der Waals surface area contributed by atoms with Crippen molar-refractivity contribution in [3.8, 4) is 0 Å². The van der Waals surface area contributed by atoms with Gasteiger partial charge < -0.3 is 9.88 Å². The van der Waals surface area contributed by atoms with E-state index in [9.17, 15) is 9.18 Å². The maximum absolute atomic E-state index is 13.4. The topological polar surface area (TPSA) is 59.8 Å². The Labute approximate surface area is 120 Å². The van der Waals surface area contributed by atoms with Crippen LogP contribution < -0.4 is 5.32 Å². The van der Waals surface area contributed by atoms with Crippen LogP contribution in [-0.4, -0.2) is 26.4 Å². The Morgan fingerprint density at radius 3 is 3.00 bits per heavy atom. The quantitative estimate of drug-likeness (QED) is 0.861. The van der Waals surface area contributed by atoms with E-state index in [0.29, 0.717) is 16.4 Å². The zero-order valence-electron chi connectivity index (χ0n) is 11.3. The van der Waals surface area contributed by atoms with Crippen LogP contribution >= 0.6 is 11.8 Å². The second-order valence-electron chi connectivity index (χ2n) is 4.20. The van der Waals surface area contributed by atoms with Gasteiger partial charge in [-0.1, -0.05) is 17.8 Å². The molecule has 0 aliphatic carbocycles. The Balaban J connectivity index is 1.91. The van der Waals surface area contributed by atoms with Gasteiger partial charge in [0, 0.05) is 12.2 Å². The van der Waals surface area contributed by atoms with Crippen molar-refractivity contribution in [2.24, 2.45) is 0 Å². The molecule has 1 aromatic carbocycles. The monoisotopic (exact) mass is 294 g/mol. The highest BCUT2D eigenvalue weighted by atomic mass is 32.2. The third-order valence-electron chi connectivity index (χ3n) is 2.71. The van der Waals surface area contributed by atoms with E-state index in [2.05, 4.69) is 15.5 Å². The van der Waals surface area contributed by atoms with Crippen molar-refractivity contribution in [2.75, 3.05) is 11.1 Å². The Hall–Kier alpha value is -1.89. The number of carbonyl (C=O) groups excluding carboxylic acids is 1. The lowest BCUT2D eigenvalue weighted by Gasteiger charge is -2.06. The van der Waals surface area contributed by atoms with Crippen LogP contribution in [0.1, 0.15) is 12.5 Å². The molecule has 0 atom stereocenters. The molecule has 1 N–H and O–H groups in total. The van der Waals surface area contributed by atoms with Crippen molar-refractivity contribution in [3.05, 3.63) is 35.9 Å². The van der Waals surface area contributed by atoms with Gasteiger partial charge in [0.25, 0.3) is 0 Å². The van der Waals surface area contributed by atoms with Crippen LogP contribution in [-0.2, 0) is 11.3 Å². The van der Waals surface area contributed by atoms with Crippen molar-refractivity contribution >= 4 is 23.4 Å². The first kappa shape index (κ1) is 14.5. The van der Waals surface area contributed by atoms with Gasteiger partial charge >= 0.3 is 0 Å². The van der Waals surface area contributed by atoms with Gasteiger partial charge in [-0.2, -0.15) is 0 Å². The predicted molar refractivity (Wildman–Crippen MR) is 76.2 cm³/mol. The van der Waals surface area contributed by atoms with E-state index in [1.54, 1.807) is 25.4 Å². The molecular formula is C13H15FN4OS. The van der Waals surface area contributed by atoms with Crippen molar-refractivity contribution in [3.63, 3.8) is 0 Å². The van der Waals surface area contributed by atoms with Gasteiger partial charge in [0.05, 0.1) is 5.75 Å². The molecule has 0 unspecified atom stereocenters. The number of aryl methyl sites for hydroxylation is 2. The normalized spacial score (nSPS) is 10.6. The molecule has 0 aliphatic rings. The number of halogens is 1. The lowest BCUT2D eigenvalue weighted by molar-refractivity contribution is -0.113. The highest BCUT2D eigenvalue weighted by molar-refractivity contribution is 7.99. The fraction of sp³-hybridized carbons (Fsp3) is 0.308. The third-order valence-corrected chi connectivity index (χ3v) is 3.69. The molecule has 0 bridgehead atoms. The van der Waals surface area contributed by atoms with Gasteiger partial charge in [-0.15, -0.1) is 10.2 Å². The van der Waals surface area contributed by atoms with Gasteiger partial charge in [0.1, 0.15) is 12.1 Å². The molecule has 106 valence electrons. The number of benzene rings is 1. The lowest BCUT2D eigenvalue weighted by Crippen LogP contribution is -2.14. The number of rotatable bonds is 5. The molecule has 20 heavy (non-hydrogen) atoms. The number of nitrogens with one attached hydrogen (secondary N) is 1. The summed E-state index contributed by atoms with van der Waals surface area (Å²) in [7, 11) is 0. The molecule has 2 rings (SSSR count). The Morgan fingerprint density at radius 1 is 1.50 bits per heavy atom. The van der Waals surface area contributed by atoms with E-state index in [1.807, 2.05) is 11.5 Å². The van der Waals surface area contributed by atoms with Crippen LogP contribution in [0, 0.1) is 12.7 Å². The maximum atomic E-state index is 13.4. The second kappa shape index (κ2) is 6.51. The van der Waals surface area contributed by atoms with Crippen LogP contribution in [0.3, 0.4) is 0 Å². The molecular weight excluding hydrogens is 279 g/mol. The van der Waals surface area contributed by atoms with E-state index in [-0.39, 0.29) is 17.5 Å².